The summed E-state index contributed by atoms with van der Waals surface area (Å²) in [5.41, 5.74) is -0.300. The molecule has 0 N–H and O–H groups in total. The molecule has 0 fully saturated rings. The summed E-state index contributed by atoms with van der Waals surface area (Å²) in [5, 5.41) is 20.1. The average Bonchev–Trinajstić information content (AvgIpc) is 2.38. The second-order valence-corrected chi connectivity index (χ2v) is 4.04. The van der Waals surface area contributed by atoms with Gasteiger partial charge in [0.25, 0.3) is 5.69 Å². The third kappa shape index (κ3) is 3.00. The van der Waals surface area contributed by atoms with Gasteiger partial charge in [-0.25, -0.2) is 0 Å². The first kappa shape index (κ1) is 12.9. The number of halogens is 1. The number of nitro groups is 1. The van der Waals surface area contributed by atoms with Crippen molar-refractivity contribution in [1.82, 2.24) is 0 Å². The lowest BCUT2D eigenvalue weighted by atomic mass is 10.2. The predicted octanol–water partition coefficient (Wildman–Crippen LogP) is 3.91. The van der Waals surface area contributed by atoms with Crippen molar-refractivity contribution < 1.29 is 9.66 Å². The quantitative estimate of drug-likeness (QED) is 0.628. The van der Waals surface area contributed by atoms with Crippen LogP contribution in [-0.2, 0) is 0 Å². The molecule has 0 aliphatic carbocycles. The van der Waals surface area contributed by atoms with Gasteiger partial charge in [0.2, 0.25) is 0 Å². The Hall–Kier alpha value is -2.58. The topological polar surface area (TPSA) is 76.2 Å². The number of rotatable bonds is 3. The van der Waals surface area contributed by atoms with Crippen LogP contribution in [0.5, 0.6) is 11.5 Å². The summed E-state index contributed by atoms with van der Waals surface area (Å²) in [6.07, 6.45) is 0. The zero-order chi connectivity index (χ0) is 13.8. The van der Waals surface area contributed by atoms with E-state index in [0.29, 0.717) is 10.8 Å². The van der Waals surface area contributed by atoms with E-state index in [-0.39, 0.29) is 17.0 Å². The van der Waals surface area contributed by atoms with E-state index in [0.717, 1.165) is 0 Å². The lowest BCUT2D eigenvalue weighted by Crippen LogP contribution is -1.93. The van der Waals surface area contributed by atoms with Crippen LogP contribution in [0.4, 0.5) is 5.69 Å². The summed E-state index contributed by atoms with van der Waals surface area (Å²) < 4.78 is 5.45. The molecule has 0 saturated carbocycles. The molecule has 0 saturated heterocycles. The van der Waals surface area contributed by atoms with Crippen molar-refractivity contribution in [3.8, 4) is 17.6 Å². The summed E-state index contributed by atoms with van der Waals surface area (Å²) >= 11 is 5.81. The largest absolute Gasteiger partial charge is 0.457 e. The summed E-state index contributed by atoms with van der Waals surface area (Å²) in [6.45, 7) is 0. The highest BCUT2D eigenvalue weighted by atomic mass is 35.5. The van der Waals surface area contributed by atoms with Crippen molar-refractivity contribution in [1.29, 1.82) is 5.26 Å². The van der Waals surface area contributed by atoms with Gasteiger partial charge in [-0.3, -0.25) is 10.1 Å². The Morgan fingerprint density at radius 1 is 1.21 bits per heavy atom. The second kappa shape index (κ2) is 5.38. The van der Waals surface area contributed by atoms with Gasteiger partial charge >= 0.3 is 0 Å². The molecule has 19 heavy (non-hydrogen) atoms. The van der Waals surface area contributed by atoms with Crippen LogP contribution >= 0.6 is 11.6 Å². The van der Waals surface area contributed by atoms with E-state index in [1.807, 2.05) is 0 Å². The standard InChI is InChI=1S/C13H7ClN2O3/c14-10-2-1-3-11(6-10)19-12-5-4-9(8-15)13(7-12)16(17)18/h1-7H. The van der Waals surface area contributed by atoms with Crippen molar-refractivity contribution in [3.63, 3.8) is 0 Å². The molecule has 0 aromatic heterocycles. The Balaban J connectivity index is 2.34. The lowest BCUT2D eigenvalue weighted by Gasteiger charge is -2.06. The van der Waals surface area contributed by atoms with Crippen LogP contribution in [0.25, 0.3) is 0 Å². The zero-order valence-corrected chi connectivity index (χ0v) is 10.3. The molecule has 0 amide bonds. The molecule has 94 valence electrons. The summed E-state index contributed by atoms with van der Waals surface area (Å²) in [5.74, 6) is 0.736. The molecule has 0 spiro atoms. The van der Waals surface area contributed by atoms with Crippen LogP contribution in [0.3, 0.4) is 0 Å². The first-order chi connectivity index (χ1) is 9.10. The molecule has 0 aliphatic rings. The highest BCUT2D eigenvalue weighted by Crippen LogP contribution is 2.28. The van der Waals surface area contributed by atoms with Gasteiger partial charge in [0.1, 0.15) is 23.1 Å². The smallest absolute Gasteiger partial charge is 0.290 e. The molecule has 6 heteroatoms. The van der Waals surface area contributed by atoms with E-state index in [1.54, 1.807) is 30.3 Å². The SMILES string of the molecule is N#Cc1ccc(Oc2cccc(Cl)c2)cc1[N+](=O)[O-]. The van der Waals surface area contributed by atoms with Crippen LogP contribution in [0.1, 0.15) is 5.56 Å². The van der Waals surface area contributed by atoms with Crippen LogP contribution in [0.2, 0.25) is 5.02 Å². The Morgan fingerprint density at radius 3 is 2.58 bits per heavy atom. The van der Waals surface area contributed by atoms with Crippen molar-refractivity contribution >= 4 is 17.3 Å². The highest BCUT2D eigenvalue weighted by Gasteiger charge is 2.15. The highest BCUT2D eigenvalue weighted by molar-refractivity contribution is 6.30. The molecule has 2 aromatic rings. The maximum Gasteiger partial charge on any atom is 0.290 e. The summed E-state index contributed by atoms with van der Waals surface area (Å²) in [6, 6.07) is 12.5. The summed E-state index contributed by atoms with van der Waals surface area (Å²) in [7, 11) is 0. The van der Waals surface area contributed by atoms with Crippen LogP contribution in [0, 0.1) is 21.4 Å². The molecule has 0 unspecified atom stereocenters. The van der Waals surface area contributed by atoms with Gasteiger partial charge in [0.05, 0.1) is 11.0 Å². The minimum atomic E-state index is -0.622. The van der Waals surface area contributed by atoms with Gasteiger partial charge in [-0.15, -0.1) is 0 Å². The van der Waals surface area contributed by atoms with Gasteiger partial charge in [-0.05, 0) is 30.3 Å². The Kier molecular flexibility index (Phi) is 3.64. The Bertz CT molecular complexity index is 680. The second-order valence-electron chi connectivity index (χ2n) is 3.61. The van der Waals surface area contributed by atoms with E-state index >= 15 is 0 Å². The fourth-order valence-electron chi connectivity index (χ4n) is 1.49. The minimum absolute atomic E-state index is 0.0107. The van der Waals surface area contributed by atoms with Crippen LogP contribution in [0.15, 0.2) is 42.5 Å². The van der Waals surface area contributed by atoms with E-state index in [9.17, 15) is 10.1 Å². The van der Waals surface area contributed by atoms with E-state index in [1.165, 1.54) is 18.2 Å². The number of hydrogen-bond acceptors (Lipinski definition) is 4. The molecular weight excluding hydrogens is 268 g/mol. The van der Waals surface area contributed by atoms with E-state index in [4.69, 9.17) is 21.6 Å². The average molecular weight is 275 g/mol. The molecule has 0 radical (unpaired) electrons. The molecule has 0 heterocycles. The number of nitrogens with zero attached hydrogens (tertiary/aromatic N) is 2. The first-order valence-corrected chi connectivity index (χ1v) is 5.60. The van der Waals surface area contributed by atoms with E-state index in [2.05, 4.69) is 0 Å². The normalized spacial score (nSPS) is 9.68. The fraction of sp³-hybridized carbons (Fsp3) is 0. The first-order valence-electron chi connectivity index (χ1n) is 5.22. The number of nitro benzene ring substituents is 1. The number of benzene rings is 2. The number of nitriles is 1. The maximum absolute atomic E-state index is 10.8. The van der Waals surface area contributed by atoms with E-state index < -0.39 is 4.92 Å². The molecule has 0 atom stereocenters. The molecule has 0 bridgehead atoms. The molecule has 0 aliphatic heterocycles. The fourth-order valence-corrected chi connectivity index (χ4v) is 1.67. The van der Waals surface area contributed by atoms with Crippen LogP contribution < -0.4 is 4.74 Å². The third-order valence-electron chi connectivity index (χ3n) is 2.32. The van der Waals surface area contributed by atoms with Crippen molar-refractivity contribution in [2.24, 2.45) is 0 Å². The predicted molar refractivity (Wildman–Crippen MR) is 69.3 cm³/mol. The number of ether oxygens (including phenoxy) is 1. The van der Waals surface area contributed by atoms with Crippen molar-refractivity contribution in [2.75, 3.05) is 0 Å². The lowest BCUT2D eigenvalue weighted by molar-refractivity contribution is -0.385. The Labute approximate surface area is 113 Å². The number of hydrogen-bond donors (Lipinski definition) is 0. The molecule has 2 rings (SSSR count). The minimum Gasteiger partial charge on any atom is -0.457 e. The van der Waals surface area contributed by atoms with Crippen LogP contribution in [-0.4, -0.2) is 4.92 Å². The monoisotopic (exact) mass is 274 g/mol. The molecular formula is C13H7ClN2O3. The van der Waals surface area contributed by atoms with Crippen molar-refractivity contribution in [2.45, 2.75) is 0 Å². The third-order valence-corrected chi connectivity index (χ3v) is 2.55. The molecule has 2 aromatic carbocycles. The molecule has 5 nitrogen and oxygen atoms in total. The van der Waals surface area contributed by atoms with Gasteiger partial charge in [-0.2, -0.15) is 5.26 Å². The van der Waals surface area contributed by atoms with Gasteiger partial charge in [-0.1, -0.05) is 17.7 Å². The van der Waals surface area contributed by atoms with Gasteiger partial charge < -0.3 is 4.74 Å². The summed E-state index contributed by atoms with van der Waals surface area (Å²) in [4.78, 5) is 10.2. The zero-order valence-electron chi connectivity index (χ0n) is 9.54. The van der Waals surface area contributed by atoms with Gasteiger partial charge in [0, 0.05) is 5.02 Å². The van der Waals surface area contributed by atoms with Gasteiger partial charge in [0.15, 0.2) is 0 Å². The Morgan fingerprint density at radius 2 is 1.95 bits per heavy atom. The van der Waals surface area contributed by atoms with Crippen molar-refractivity contribution in [3.05, 3.63) is 63.2 Å². The maximum atomic E-state index is 10.8.